The van der Waals surface area contributed by atoms with Crippen LogP contribution in [0.15, 0.2) is 71.2 Å². The van der Waals surface area contributed by atoms with Crippen LogP contribution in [-0.2, 0) is 17.1 Å². The first-order valence-electron chi connectivity index (χ1n) is 9.03. The number of rotatable bonds is 5. The molecule has 0 bridgehead atoms. The molecule has 0 amide bonds. The minimum atomic E-state index is 0.736. The second kappa shape index (κ2) is 14.7. The monoisotopic (exact) mass is 425 g/mol. The first-order chi connectivity index (χ1) is 12.3. The number of aromatic nitrogens is 2. The van der Waals surface area contributed by atoms with E-state index in [9.17, 15) is 0 Å². The first-order valence-corrected chi connectivity index (χ1v) is 11.0. The van der Waals surface area contributed by atoms with Crippen molar-refractivity contribution >= 4 is 0 Å². The molecule has 0 aromatic carbocycles. The molecule has 2 aromatic heterocycles. The number of allylic oxidation sites excluding steroid dienone is 4. The van der Waals surface area contributed by atoms with Crippen molar-refractivity contribution in [2.75, 3.05) is 0 Å². The van der Waals surface area contributed by atoms with E-state index in [0.717, 1.165) is 28.5 Å². The number of hydrogen-bond acceptors (Lipinski definition) is 2. The van der Waals surface area contributed by atoms with E-state index >= 15 is 0 Å². The summed E-state index contributed by atoms with van der Waals surface area (Å²) in [4.78, 5) is 8.37. The Balaban J connectivity index is 0.000000209. The van der Waals surface area contributed by atoms with Gasteiger partial charge in [-0.3, -0.25) is 9.97 Å². The van der Waals surface area contributed by atoms with Crippen LogP contribution in [0.3, 0.4) is 0 Å². The van der Waals surface area contributed by atoms with Gasteiger partial charge < -0.3 is 0 Å². The maximum Gasteiger partial charge on any atom is 0.0886 e. The van der Waals surface area contributed by atoms with Crippen molar-refractivity contribution in [3.8, 4) is 11.4 Å². The van der Waals surface area contributed by atoms with Crippen LogP contribution in [-0.4, -0.2) is 9.97 Å². The molecular weight excluding hydrogens is 395 g/mol. The molecule has 2 aromatic rings. The molecule has 1 aliphatic rings. The Hall–Kier alpha value is -1.60. The van der Waals surface area contributed by atoms with E-state index < -0.39 is 0 Å². The van der Waals surface area contributed by atoms with Crippen molar-refractivity contribution in [2.45, 2.75) is 51.5 Å². The summed E-state index contributed by atoms with van der Waals surface area (Å²) in [5.74, 6) is 0. The molecule has 0 saturated carbocycles. The zero-order valence-electron chi connectivity index (χ0n) is 15.6. The van der Waals surface area contributed by atoms with E-state index in [1.807, 2.05) is 36.4 Å². The molecule has 0 unspecified atom stereocenters. The Morgan fingerprint density at radius 1 is 0.880 bits per heavy atom. The summed E-state index contributed by atoms with van der Waals surface area (Å²) in [7, 11) is 0. The third-order valence-corrected chi connectivity index (χ3v) is 5.21. The van der Waals surface area contributed by atoms with Crippen molar-refractivity contribution in [3.63, 3.8) is 0 Å². The average Bonchev–Trinajstić information content (AvgIpc) is 3.19. The summed E-state index contributed by atoms with van der Waals surface area (Å²) in [6.45, 7) is 6.68. The standard InChI is InChI=1S/C10H8N2.C5H5.C5H12.C2H5.Rh/c1-3-7-11-9(5-1)10-6-2-4-8-12-10;1-2-4-5-3-1;1-3-5-4-2;1-2;/h1-8H;1-3H,4H2;3-5H2,1-2H3;1H2,2H3;. The van der Waals surface area contributed by atoms with E-state index in [-0.39, 0.29) is 0 Å². The smallest absolute Gasteiger partial charge is 0.0886 e. The average molecular weight is 425 g/mol. The van der Waals surface area contributed by atoms with Crippen molar-refractivity contribution in [2.24, 2.45) is 0 Å². The third-order valence-electron chi connectivity index (χ3n) is 3.28. The fraction of sp³-hybridized carbons (Fsp3) is 0.364. The third kappa shape index (κ3) is 10.1. The summed E-state index contributed by atoms with van der Waals surface area (Å²) in [5.41, 5.74) is 1.83. The maximum atomic E-state index is 4.19. The fourth-order valence-corrected chi connectivity index (χ4v) is 3.56. The molecule has 137 valence electrons. The van der Waals surface area contributed by atoms with Gasteiger partial charge >= 0.3 is 57.9 Å². The Bertz CT molecular complexity index is 567. The molecule has 0 saturated heterocycles. The largest absolute Gasteiger partial charge is 0.255 e. The molecule has 3 rings (SSSR count). The zero-order chi connectivity index (χ0) is 18.2. The maximum absolute atomic E-state index is 4.19. The van der Waals surface area contributed by atoms with Crippen molar-refractivity contribution in [3.05, 3.63) is 71.2 Å². The van der Waals surface area contributed by atoms with Crippen molar-refractivity contribution in [1.82, 2.24) is 9.97 Å². The van der Waals surface area contributed by atoms with Crippen LogP contribution in [0.5, 0.6) is 0 Å². The van der Waals surface area contributed by atoms with E-state index in [2.05, 4.69) is 49.0 Å². The molecule has 0 atom stereocenters. The molecule has 0 aliphatic heterocycles. The molecule has 2 heterocycles. The summed E-state index contributed by atoms with van der Waals surface area (Å²) >= 11 is 0.736. The van der Waals surface area contributed by atoms with Crippen LogP contribution in [0.2, 0.25) is 5.02 Å². The van der Waals surface area contributed by atoms with Crippen molar-refractivity contribution < 1.29 is 17.1 Å². The van der Waals surface area contributed by atoms with Crippen LogP contribution in [0.1, 0.15) is 46.5 Å². The van der Waals surface area contributed by atoms with Crippen LogP contribution in [0.4, 0.5) is 0 Å². The number of unbranched alkanes of at least 4 members (excludes halogenated alkanes) is 2. The minimum Gasteiger partial charge on any atom is -0.255 e. The summed E-state index contributed by atoms with van der Waals surface area (Å²) in [5, 5.41) is 1.36. The molecule has 0 spiro atoms. The van der Waals surface area contributed by atoms with Crippen LogP contribution in [0.25, 0.3) is 11.4 Å². The predicted molar refractivity (Wildman–Crippen MR) is 105 cm³/mol. The van der Waals surface area contributed by atoms with Gasteiger partial charge in [0.1, 0.15) is 0 Å². The second-order valence-electron chi connectivity index (χ2n) is 5.35. The molecule has 3 heteroatoms. The van der Waals surface area contributed by atoms with E-state index in [0.29, 0.717) is 0 Å². The Labute approximate surface area is 161 Å². The van der Waals surface area contributed by atoms with Gasteiger partial charge in [-0.05, 0) is 24.3 Å². The summed E-state index contributed by atoms with van der Waals surface area (Å²) in [6, 6.07) is 11.6. The number of pyridine rings is 2. The van der Waals surface area contributed by atoms with Crippen molar-refractivity contribution in [1.29, 1.82) is 0 Å². The number of hydrogen-bond donors (Lipinski definition) is 0. The number of nitrogens with zero attached hydrogens (tertiary/aromatic N) is 2. The molecule has 0 fully saturated rings. The van der Waals surface area contributed by atoms with Gasteiger partial charge in [-0.2, -0.15) is 0 Å². The van der Waals surface area contributed by atoms with Crippen LogP contribution >= 0.6 is 0 Å². The van der Waals surface area contributed by atoms with Gasteiger partial charge in [0.15, 0.2) is 0 Å². The quantitative estimate of drug-likeness (QED) is 0.499. The van der Waals surface area contributed by atoms with Gasteiger partial charge in [0.2, 0.25) is 0 Å². The van der Waals surface area contributed by atoms with Gasteiger partial charge in [-0.25, -0.2) is 0 Å². The molecule has 0 N–H and O–H groups in total. The van der Waals surface area contributed by atoms with Gasteiger partial charge in [0, 0.05) is 12.4 Å². The zero-order valence-corrected chi connectivity index (χ0v) is 17.3. The molecule has 2 nitrogen and oxygen atoms in total. The van der Waals surface area contributed by atoms with Gasteiger partial charge in [-0.15, -0.1) is 0 Å². The van der Waals surface area contributed by atoms with Gasteiger partial charge in [0.05, 0.1) is 11.4 Å². The fourth-order valence-electron chi connectivity index (χ4n) is 2.03. The minimum absolute atomic E-state index is 0.736. The van der Waals surface area contributed by atoms with Gasteiger partial charge in [0.25, 0.3) is 0 Å². The normalized spacial score (nSPS) is 11.9. The summed E-state index contributed by atoms with van der Waals surface area (Å²) in [6.07, 6.45) is 15.5. The SMILES string of the molecule is CCCCC.C[CH2][Rh][C]1=CC=CC1.c1ccc(-c2ccccn2)nc1. The van der Waals surface area contributed by atoms with Crippen LogP contribution < -0.4 is 0 Å². The second-order valence-corrected chi connectivity index (χ2v) is 8.14. The van der Waals surface area contributed by atoms with Crippen LogP contribution in [0, 0.1) is 0 Å². The topological polar surface area (TPSA) is 25.8 Å². The first kappa shape index (κ1) is 21.4. The summed E-state index contributed by atoms with van der Waals surface area (Å²) < 4.78 is 1.66. The van der Waals surface area contributed by atoms with E-state index in [1.165, 1.54) is 30.7 Å². The van der Waals surface area contributed by atoms with E-state index in [4.69, 9.17) is 0 Å². The molecular formula is C22H30N2Rh. The molecule has 0 radical (unpaired) electrons. The molecule has 25 heavy (non-hydrogen) atoms. The van der Waals surface area contributed by atoms with Gasteiger partial charge in [-0.1, -0.05) is 45.2 Å². The Morgan fingerprint density at radius 3 is 1.80 bits per heavy atom. The molecule has 1 aliphatic carbocycles. The Kier molecular flexibility index (Phi) is 12.6. The van der Waals surface area contributed by atoms with E-state index in [1.54, 1.807) is 16.6 Å². The Morgan fingerprint density at radius 2 is 1.48 bits per heavy atom. The predicted octanol–water partition coefficient (Wildman–Crippen LogP) is 6.69.